The van der Waals surface area contributed by atoms with Gasteiger partial charge < -0.3 is 15.2 Å². The number of nitro groups is 1. The standard InChI is InChI=1S/C15H18N2O7/c1-3-24-12(18)7-9(2)13(15(20)21)16-14(19)10-5-4-6-11(8-10)17(22)23/h4-6,8-9,13H,3,7H2,1-2H3,(H,16,19)(H,20,21)/t9-,13-/m0/s1. The second-order valence-corrected chi connectivity index (χ2v) is 5.08. The molecule has 0 aliphatic carbocycles. The molecule has 24 heavy (non-hydrogen) atoms. The van der Waals surface area contributed by atoms with Crippen molar-refractivity contribution in [2.45, 2.75) is 26.3 Å². The Hall–Kier alpha value is -2.97. The van der Waals surface area contributed by atoms with Crippen LogP contribution in [0, 0.1) is 16.0 Å². The maximum Gasteiger partial charge on any atom is 0.326 e. The van der Waals surface area contributed by atoms with Crippen molar-refractivity contribution in [3.8, 4) is 0 Å². The van der Waals surface area contributed by atoms with Crippen LogP contribution in [0.15, 0.2) is 24.3 Å². The molecule has 1 amide bonds. The van der Waals surface area contributed by atoms with E-state index in [-0.39, 0.29) is 24.3 Å². The number of rotatable bonds is 8. The van der Waals surface area contributed by atoms with Crippen molar-refractivity contribution in [2.75, 3.05) is 6.61 Å². The van der Waals surface area contributed by atoms with Crippen LogP contribution >= 0.6 is 0 Å². The molecule has 0 aliphatic rings. The summed E-state index contributed by atoms with van der Waals surface area (Å²) in [5, 5.41) is 22.3. The molecule has 1 rings (SSSR count). The Kier molecular flexibility index (Phi) is 6.84. The summed E-state index contributed by atoms with van der Waals surface area (Å²) in [6.07, 6.45) is -0.181. The first-order valence-electron chi connectivity index (χ1n) is 7.20. The first-order valence-corrected chi connectivity index (χ1v) is 7.20. The molecule has 2 atom stereocenters. The number of nitro benzene ring substituents is 1. The maximum atomic E-state index is 12.1. The van der Waals surface area contributed by atoms with E-state index in [9.17, 15) is 29.6 Å². The van der Waals surface area contributed by atoms with E-state index in [0.717, 1.165) is 6.07 Å². The number of aliphatic carboxylic acids is 1. The van der Waals surface area contributed by atoms with Crippen LogP contribution in [0.3, 0.4) is 0 Å². The Morgan fingerprint density at radius 3 is 2.58 bits per heavy atom. The van der Waals surface area contributed by atoms with Crippen LogP contribution in [0.1, 0.15) is 30.6 Å². The lowest BCUT2D eigenvalue weighted by Crippen LogP contribution is -2.45. The fourth-order valence-corrected chi connectivity index (χ4v) is 2.03. The summed E-state index contributed by atoms with van der Waals surface area (Å²) in [5.41, 5.74) is -0.326. The van der Waals surface area contributed by atoms with E-state index in [1.807, 2.05) is 0 Å². The highest BCUT2D eigenvalue weighted by Crippen LogP contribution is 2.15. The topological polar surface area (TPSA) is 136 Å². The lowest BCUT2D eigenvalue weighted by Gasteiger charge is -2.20. The lowest BCUT2D eigenvalue weighted by molar-refractivity contribution is -0.384. The monoisotopic (exact) mass is 338 g/mol. The van der Waals surface area contributed by atoms with Gasteiger partial charge in [0.2, 0.25) is 0 Å². The third kappa shape index (κ3) is 5.34. The van der Waals surface area contributed by atoms with Crippen molar-refractivity contribution in [3.05, 3.63) is 39.9 Å². The van der Waals surface area contributed by atoms with Crippen LogP contribution in [-0.2, 0) is 14.3 Å². The van der Waals surface area contributed by atoms with Gasteiger partial charge in [0.15, 0.2) is 0 Å². The molecule has 0 spiro atoms. The largest absolute Gasteiger partial charge is 0.480 e. The third-order valence-corrected chi connectivity index (χ3v) is 3.23. The van der Waals surface area contributed by atoms with Crippen LogP contribution in [0.5, 0.6) is 0 Å². The molecular weight excluding hydrogens is 320 g/mol. The number of non-ortho nitro benzene ring substituents is 1. The third-order valence-electron chi connectivity index (χ3n) is 3.23. The number of ether oxygens (including phenoxy) is 1. The van der Waals surface area contributed by atoms with Gasteiger partial charge in [-0.3, -0.25) is 19.7 Å². The number of nitrogens with zero attached hydrogens (tertiary/aromatic N) is 1. The number of amides is 1. The molecular formula is C15H18N2O7. The fraction of sp³-hybridized carbons (Fsp3) is 0.400. The van der Waals surface area contributed by atoms with Gasteiger partial charge in [-0.2, -0.15) is 0 Å². The highest BCUT2D eigenvalue weighted by Gasteiger charge is 2.29. The molecule has 0 fully saturated rings. The Morgan fingerprint density at radius 2 is 2.04 bits per heavy atom. The quantitative estimate of drug-likeness (QED) is 0.415. The minimum atomic E-state index is -1.33. The number of carboxylic acids is 1. The molecule has 1 aromatic carbocycles. The Balaban J connectivity index is 2.86. The lowest BCUT2D eigenvalue weighted by atomic mass is 9.98. The van der Waals surface area contributed by atoms with Crippen molar-refractivity contribution in [1.29, 1.82) is 0 Å². The van der Waals surface area contributed by atoms with E-state index < -0.39 is 34.7 Å². The van der Waals surface area contributed by atoms with Gasteiger partial charge in [0.25, 0.3) is 11.6 Å². The number of esters is 1. The SMILES string of the molecule is CCOC(=O)C[C@H](C)[C@H](NC(=O)c1cccc([N+](=O)[O-])c1)C(=O)O. The van der Waals surface area contributed by atoms with E-state index in [4.69, 9.17) is 4.74 Å². The molecule has 9 heteroatoms. The Labute approximate surface area is 137 Å². The van der Waals surface area contributed by atoms with Crippen LogP contribution in [0.25, 0.3) is 0 Å². The second-order valence-electron chi connectivity index (χ2n) is 5.08. The maximum absolute atomic E-state index is 12.1. The summed E-state index contributed by atoms with van der Waals surface area (Å²) >= 11 is 0. The predicted molar refractivity (Wildman–Crippen MR) is 82.4 cm³/mol. The number of hydrogen-bond donors (Lipinski definition) is 2. The van der Waals surface area contributed by atoms with E-state index in [2.05, 4.69) is 5.32 Å². The smallest absolute Gasteiger partial charge is 0.326 e. The van der Waals surface area contributed by atoms with Gasteiger partial charge in [-0.15, -0.1) is 0 Å². The zero-order chi connectivity index (χ0) is 18.3. The average molecular weight is 338 g/mol. The van der Waals surface area contributed by atoms with Crippen LogP contribution in [0.4, 0.5) is 5.69 Å². The van der Waals surface area contributed by atoms with Crippen LogP contribution in [0.2, 0.25) is 0 Å². The molecule has 0 aliphatic heterocycles. The minimum Gasteiger partial charge on any atom is -0.480 e. The normalized spacial score (nSPS) is 12.8. The minimum absolute atomic E-state index is 0.0428. The second kappa shape index (κ2) is 8.61. The fourth-order valence-electron chi connectivity index (χ4n) is 2.03. The summed E-state index contributed by atoms with van der Waals surface area (Å²) in [5.74, 6) is -3.38. The first-order chi connectivity index (χ1) is 11.3. The van der Waals surface area contributed by atoms with Gasteiger partial charge in [0.05, 0.1) is 18.0 Å². The first kappa shape index (κ1) is 19.1. The Bertz CT molecular complexity index is 644. The summed E-state index contributed by atoms with van der Waals surface area (Å²) in [6, 6.07) is 3.59. The Morgan fingerprint density at radius 1 is 1.38 bits per heavy atom. The van der Waals surface area contributed by atoms with Gasteiger partial charge in [0.1, 0.15) is 6.04 Å². The number of benzene rings is 1. The van der Waals surface area contributed by atoms with E-state index >= 15 is 0 Å². The zero-order valence-electron chi connectivity index (χ0n) is 13.2. The zero-order valence-corrected chi connectivity index (χ0v) is 13.2. The van der Waals surface area contributed by atoms with Crippen molar-refractivity contribution >= 4 is 23.5 Å². The molecule has 0 aromatic heterocycles. The average Bonchev–Trinajstić information content (AvgIpc) is 2.52. The summed E-state index contributed by atoms with van der Waals surface area (Å²) in [7, 11) is 0. The van der Waals surface area contributed by atoms with Gasteiger partial charge in [-0.05, 0) is 18.9 Å². The molecule has 0 saturated heterocycles. The van der Waals surface area contributed by atoms with Crippen molar-refractivity contribution in [1.82, 2.24) is 5.32 Å². The number of nitrogens with one attached hydrogen (secondary N) is 1. The highest BCUT2D eigenvalue weighted by molar-refractivity contribution is 5.97. The van der Waals surface area contributed by atoms with E-state index in [0.29, 0.717) is 0 Å². The van der Waals surface area contributed by atoms with Crippen molar-refractivity contribution in [3.63, 3.8) is 0 Å². The molecule has 1 aromatic rings. The summed E-state index contributed by atoms with van der Waals surface area (Å²) in [6.45, 7) is 3.29. The molecule has 0 saturated carbocycles. The molecule has 0 bridgehead atoms. The van der Waals surface area contributed by atoms with Gasteiger partial charge >= 0.3 is 11.9 Å². The van der Waals surface area contributed by atoms with E-state index in [1.165, 1.54) is 25.1 Å². The van der Waals surface area contributed by atoms with Gasteiger partial charge in [-0.1, -0.05) is 13.0 Å². The number of carbonyl (C=O) groups is 3. The molecule has 130 valence electrons. The predicted octanol–water partition coefficient (Wildman–Crippen LogP) is 1.37. The van der Waals surface area contributed by atoms with Crippen molar-refractivity contribution in [2.24, 2.45) is 5.92 Å². The number of carboxylic acid groups (broad SMARTS) is 1. The van der Waals surface area contributed by atoms with E-state index in [1.54, 1.807) is 6.92 Å². The number of carbonyl (C=O) groups excluding carboxylic acids is 2. The molecule has 0 heterocycles. The van der Waals surface area contributed by atoms with Gasteiger partial charge in [0, 0.05) is 17.7 Å². The van der Waals surface area contributed by atoms with Crippen molar-refractivity contribution < 1.29 is 29.2 Å². The van der Waals surface area contributed by atoms with Gasteiger partial charge in [-0.25, -0.2) is 4.79 Å². The molecule has 9 nitrogen and oxygen atoms in total. The highest BCUT2D eigenvalue weighted by atomic mass is 16.6. The summed E-state index contributed by atoms with van der Waals surface area (Å²) < 4.78 is 4.75. The molecule has 0 unspecified atom stereocenters. The van der Waals surface area contributed by atoms with Crippen LogP contribution < -0.4 is 5.32 Å². The molecule has 0 radical (unpaired) electrons. The number of hydrogen-bond acceptors (Lipinski definition) is 6. The summed E-state index contributed by atoms with van der Waals surface area (Å²) in [4.78, 5) is 45.0. The van der Waals surface area contributed by atoms with Crippen LogP contribution in [-0.4, -0.2) is 40.5 Å². The molecule has 2 N–H and O–H groups in total.